The van der Waals surface area contributed by atoms with E-state index in [1.807, 2.05) is 19.1 Å². The second-order valence-corrected chi connectivity index (χ2v) is 6.11. The number of carbonyl (C=O) groups excluding carboxylic acids is 1. The summed E-state index contributed by atoms with van der Waals surface area (Å²) >= 11 is 6.74. The molecule has 2 aromatic carbocycles. The van der Waals surface area contributed by atoms with Gasteiger partial charge in [0.1, 0.15) is 11.5 Å². The Morgan fingerprint density at radius 2 is 1.81 bits per heavy atom. The first-order chi connectivity index (χ1) is 10.1. The lowest BCUT2D eigenvalue weighted by Crippen LogP contribution is -2.08. The fourth-order valence-electron chi connectivity index (χ4n) is 1.63. The molecule has 2 rings (SSSR count). The molecule has 0 aliphatic rings. The van der Waals surface area contributed by atoms with E-state index < -0.39 is 5.97 Å². The van der Waals surface area contributed by atoms with Crippen LogP contribution in [0.5, 0.6) is 11.5 Å². The van der Waals surface area contributed by atoms with E-state index in [0.29, 0.717) is 17.9 Å². The zero-order valence-corrected chi connectivity index (χ0v) is 14.6. The van der Waals surface area contributed by atoms with Crippen LogP contribution < -0.4 is 9.47 Å². The molecule has 0 saturated heterocycles. The summed E-state index contributed by atoms with van der Waals surface area (Å²) in [6.45, 7) is 2.68. The fourth-order valence-corrected chi connectivity index (χ4v) is 2.38. The summed E-state index contributed by atoms with van der Waals surface area (Å²) in [6.07, 6.45) is 0.930. The average Bonchev–Trinajstić information content (AvgIpc) is 2.48. The molecule has 0 unspecified atom stereocenters. The predicted octanol–water partition coefficient (Wildman–Crippen LogP) is 5.22. The highest BCUT2D eigenvalue weighted by Crippen LogP contribution is 2.27. The van der Waals surface area contributed by atoms with Crippen molar-refractivity contribution in [2.24, 2.45) is 0 Å². The van der Waals surface area contributed by atoms with Crippen molar-refractivity contribution in [3.63, 3.8) is 0 Å². The van der Waals surface area contributed by atoms with Gasteiger partial charge in [0.25, 0.3) is 0 Å². The minimum atomic E-state index is -0.403. The number of benzene rings is 2. The van der Waals surface area contributed by atoms with E-state index in [-0.39, 0.29) is 0 Å². The number of esters is 1. The minimum absolute atomic E-state index is 0.403. The highest BCUT2D eigenvalue weighted by atomic mass is 79.9. The van der Waals surface area contributed by atoms with Crippen molar-refractivity contribution in [1.29, 1.82) is 0 Å². The van der Waals surface area contributed by atoms with Crippen LogP contribution >= 0.6 is 31.9 Å². The third-order valence-electron chi connectivity index (χ3n) is 2.65. The molecule has 3 nitrogen and oxygen atoms in total. The van der Waals surface area contributed by atoms with Crippen LogP contribution in [0.3, 0.4) is 0 Å². The van der Waals surface area contributed by atoms with Crippen molar-refractivity contribution in [1.82, 2.24) is 0 Å². The molecule has 0 heterocycles. The highest BCUT2D eigenvalue weighted by Gasteiger charge is 2.11. The van der Waals surface area contributed by atoms with Crippen molar-refractivity contribution in [2.75, 3.05) is 6.61 Å². The normalized spacial score (nSPS) is 10.2. The Balaban J connectivity index is 2.08. The Morgan fingerprint density at radius 3 is 2.43 bits per heavy atom. The molecule has 0 radical (unpaired) electrons. The molecule has 0 aliphatic heterocycles. The number of ether oxygens (including phenoxy) is 2. The van der Waals surface area contributed by atoms with Gasteiger partial charge < -0.3 is 9.47 Å². The third-order valence-corrected chi connectivity index (χ3v) is 3.80. The van der Waals surface area contributed by atoms with E-state index in [2.05, 4.69) is 31.9 Å². The Morgan fingerprint density at radius 1 is 1.10 bits per heavy atom. The van der Waals surface area contributed by atoms with Crippen LogP contribution in [0.4, 0.5) is 0 Å². The molecule has 0 bridgehead atoms. The zero-order chi connectivity index (χ0) is 15.2. The van der Waals surface area contributed by atoms with Gasteiger partial charge in [-0.15, -0.1) is 0 Å². The van der Waals surface area contributed by atoms with Crippen molar-refractivity contribution in [3.8, 4) is 11.5 Å². The number of halogens is 2. The molecule has 21 heavy (non-hydrogen) atoms. The molecule has 0 aromatic heterocycles. The summed E-state index contributed by atoms with van der Waals surface area (Å²) in [5.74, 6) is 0.822. The average molecular weight is 414 g/mol. The third kappa shape index (κ3) is 4.58. The molecular formula is C16H14Br2O3. The molecular weight excluding hydrogens is 400 g/mol. The van der Waals surface area contributed by atoms with Crippen molar-refractivity contribution in [2.45, 2.75) is 13.3 Å². The number of rotatable bonds is 5. The Hall–Kier alpha value is -1.33. The van der Waals surface area contributed by atoms with Crippen LogP contribution in [0.15, 0.2) is 51.4 Å². The summed E-state index contributed by atoms with van der Waals surface area (Å²) in [5.41, 5.74) is 0.466. The van der Waals surface area contributed by atoms with Gasteiger partial charge in [0.15, 0.2) is 0 Å². The van der Waals surface area contributed by atoms with E-state index in [1.54, 1.807) is 30.3 Å². The largest absolute Gasteiger partial charge is 0.492 e. The summed E-state index contributed by atoms with van der Waals surface area (Å²) in [5, 5.41) is 0. The first kappa shape index (κ1) is 16.0. The summed E-state index contributed by atoms with van der Waals surface area (Å²) < 4.78 is 12.5. The van der Waals surface area contributed by atoms with Crippen LogP contribution in [0.1, 0.15) is 23.7 Å². The molecule has 0 atom stereocenters. The van der Waals surface area contributed by atoms with Crippen molar-refractivity contribution < 1.29 is 14.3 Å². The number of hydrogen-bond acceptors (Lipinski definition) is 3. The molecule has 0 fully saturated rings. The Kier molecular flexibility index (Phi) is 5.82. The van der Waals surface area contributed by atoms with E-state index >= 15 is 0 Å². The molecule has 110 valence electrons. The molecule has 0 N–H and O–H groups in total. The van der Waals surface area contributed by atoms with Gasteiger partial charge in [0.05, 0.1) is 16.6 Å². The topological polar surface area (TPSA) is 35.5 Å². The molecule has 0 saturated carbocycles. The van der Waals surface area contributed by atoms with Gasteiger partial charge in [-0.2, -0.15) is 0 Å². The van der Waals surface area contributed by atoms with E-state index in [0.717, 1.165) is 21.1 Å². The second-order valence-electron chi connectivity index (χ2n) is 4.34. The maximum Gasteiger partial charge on any atom is 0.343 e. The Bertz CT molecular complexity index is 624. The maximum absolute atomic E-state index is 12.1. The fraction of sp³-hybridized carbons (Fsp3) is 0.188. The van der Waals surface area contributed by atoms with Gasteiger partial charge in [0.2, 0.25) is 0 Å². The maximum atomic E-state index is 12.1. The number of carbonyl (C=O) groups is 1. The first-order valence-corrected chi connectivity index (χ1v) is 8.09. The van der Waals surface area contributed by atoms with E-state index in [1.165, 1.54) is 0 Å². The van der Waals surface area contributed by atoms with Gasteiger partial charge in [-0.25, -0.2) is 4.79 Å². The Labute approximate surface area is 140 Å². The lowest BCUT2D eigenvalue weighted by molar-refractivity contribution is 0.0734. The van der Waals surface area contributed by atoms with Gasteiger partial charge in [0, 0.05) is 4.47 Å². The van der Waals surface area contributed by atoms with Crippen LogP contribution in [0, 0.1) is 0 Å². The lowest BCUT2D eigenvalue weighted by atomic mass is 10.2. The van der Waals surface area contributed by atoms with Gasteiger partial charge >= 0.3 is 5.97 Å². The minimum Gasteiger partial charge on any atom is -0.492 e. The molecule has 0 aliphatic carbocycles. The SMILES string of the molecule is CCCOc1ccc(C(=O)Oc2ccc(Br)cc2)cc1Br. The molecule has 0 amide bonds. The second kappa shape index (κ2) is 7.61. The smallest absolute Gasteiger partial charge is 0.343 e. The molecule has 5 heteroatoms. The molecule has 2 aromatic rings. The van der Waals surface area contributed by atoms with Crippen LogP contribution in [-0.2, 0) is 0 Å². The van der Waals surface area contributed by atoms with Gasteiger partial charge in [-0.1, -0.05) is 22.9 Å². The zero-order valence-electron chi connectivity index (χ0n) is 11.4. The van der Waals surface area contributed by atoms with Gasteiger partial charge in [-0.05, 0) is 64.8 Å². The van der Waals surface area contributed by atoms with Crippen molar-refractivity contribution in [3.05, 3.63) is 57.0 Å². The standard InChI is InChI=1S/C16H14Br2O3/c1-2-9-20-15-8-3-11(10-14(15)18)16(19)21-13-6-4-12(17)5-7-13/h3-8,10H,2,9H2,1H3. The summed E-state index contributed by atoms with van der Waals surface area (Å²) in [6, 6.07) is 12.3. The summed E-state index contributed by atoms with van der Waals surface area (Å²) in [4.78, 5) is 12.1. The van der Waals surface area contributed by atoms with Crippen LogP contribution in [0.25, 0.3) is 0 Å². The van der Waals surface area contributed by atoms with Crippen LogP contribution in [0.2, 0.25) is 0 Å². The number of hydrogen-bond donors (Lipinski definition) is 0. The highest BCUT2D eigenvalue weighted by molar-refractivity contribution is 9.10. The van der Waals surface area contributed by atoms with Crippen molar-refractivity contribution >= 4 is 37.8 Å². The quantitative estimate of drug-likeness (QED) is 0.497. The van der Waals surface area contributed by atoms with E-state index in [9.17, 15) is 4.79 Å². The van der Waals surface area contributed by atoms with Gasteiger partial charge in [-0.3, -0.25) is 0 Å². The monoisotopic (exact) mass is 412 g/mol. The summed E-state index contributed by atoms with van der Waals surface area (Å²) in [7, 11) is 0. The lowest BCUT2D eigenvalue weighted by Gasteiger charge is -2.09. The predicted molar refractivity (Wildman–Crippen MR) is 89.0 cm³/mol. The van der Waals surface area contributed by atoms with Crippen LogP contribution in [-0.4, -0.2) is 12.6 Å². The van der Waals surface area contributed by atoms with E-state index in [4.69, 9.17) is 9.47 Å². The first-order valence-electron chi connectivity index (χ1n) is 6.50. The molecule has 0 spiro atoms.